The van der Waals surface area contributed by atoms with E-state index in [1.807, 2.05) is 6.08 Å². The summed E-state index contributed by atoms with van der Waals surface area (Å²) in [5.74, 6) is 0. The van der Waals surface area contributed by atoms with Gasteiger partial charge in [0.2, 0.25) is 0 Å². The molecule has 0 amide bonds. The molecule has 0 bridgehead atoms. The minimum atomic E-state index is 0.390. The Morgan fingerprint density at radius 2 is 2.27 bits per heavy atom. The van der Waals surface area contributed by atoms with E-state index >= 15 is 0 Å². The summed E-state index contributed by atoms with van der Waals surface area (Å²) in [5.41, 5.74) is 3.00. The Morgan fingerprint density at radius 3 is 3.07 bits per heavy atom. The molecule has 0 saturated heterocycles. The number of nitrogens with one attached hydrogen (secondary N) is 1. The summed E-state index contributed by atoms with van der Waals surface area (Å²) in [7, 11) is 0. The van der Waals surface area contributed by atoms with Gasteiger partial charge < -0.3 is 5.32 Å². The largest absolute Gasteiger partial charge is 0.304 e. The fourth-order valence-electron chi connectivity index (χ4n) is 2.31. The maximum atomic E-state index is 3.82. The van der Waals surface area contributed by atoms with Crippen LogP contribution < -0.4 is 5.32 Å². The first-order chi connectivity index (χ1) is 7.31. The van der Waals surface area contributed by atoms with Crippen molar-refractivity contribution in [1.29, 1.82) is 0 Å². The molecule has 15 heavy (non-hydrogen) atoms. The van der Waals surface area contributed by atoms with Gasteiger partial charge >= 0.3 is 0 Å². The molecule has 0 fully saturated rings. The van der Waals surface area contributed by atoms with Crippen molar-refractivity contribution in [2.45, 2.75) is 38.3 Å². The zero-order chi connectivity index (χ0) is 10.7. The van der Waals surface area contributed by atoms with E-state index in [1.54, 1.807) is 0 Å². The molecule has 1 nitrogen and oxygen atoms in total. The highest BCUT2D eigenvalue weighted by atomic mass is 14.9. The van der Waals surface area contributed by atoms with E-state index in [9.17, 15) is 0 Å². The molecule has 0 radical (unpaired) electrons. The second-order valence-electron chi connectivity index (χ2n) is 4.33. The quantitative estimate of drug-likeness (QED) is 0.740. The Labute approximate surface area is 92.2 Å². The van der Waals surface area contributed by atoms with Crippen molar-refractivity contribution < 1.29 is 0 Å². The normalized spacial score (nSPS) is 21.8. The van der Waals surface area contributed by atoms with Crippen molar-refractivity contribution in [2.24, 2.45) is 0 Å². The summed E-state index contributed by atoms with van der Waals surface area (Å²) < 4.78 is 0. The van der Waals surface area contributed by atoms with E-state index in [-0.39, 0.29) is 0 Å². The van der Waals surface area contributed by atoms with Crippen LogP contribution in [0.25, 0.3) is 0 Å². The molecule has 1 aliphatic rings. The van der Waals surface area contributed by atoms with Crippen molar-refractivity contribution in [3.8, 4) is 0 Å². The van der Waals surface area contributed by atoms with Gasteiger partial charge in [-0.2, -0.15) is 0 Å². The highest BCUT2D eigenvalue weighted by Crippen LogP contribution is 2.29. The molecular formula is C14H19N. The fraction of sp³-hybridized carbons (Fsp3) is 0.429. The summed E-state index contributed by atoms with van der Waals surface area (Å²) in [6, 6.07) is 9.68. The topological polar surface area (TPSA) is 12.0 Å². The second-order valence-corrected chi connectivity index (χ2v) is 4.33. The van der Waals surface area contributed by atoms with Crippen molar-refractivity contribution in [1.82, 2.24) is 5.32 Å². The van der Waals surface area contributed by atoms with Gasteiger partial charge in [0.15, 0.2) is 0 Å². The number of fused-ring (bicyclic) bond motifs is 1. The predicted molar refractivity (Wildman–Crippen MR) is 64.9 cm³/mol. The van der Waals surface area contributed by atoms with E-state index < -0.39 is 0 Å². The highest BCUT2D eigenvalue weighted by Gasteiger charge is 2.19. The maximum absolute atomic E-state index is 3.82. The third-order valence-electron chi connectivity index (χ3n) is 3.19. The molecule has 2 unspecified atom stereocenters. The zero-order valence-electron chi connectivity index (χ0n) is 9.37. The number of hydrogen-bond donors (Lipinski definition) is 1. The molecule has 0 saturated carbocycles. The van der Waals surface area contributed by atoms with Gasteiger partial charge in [-0.15, -0.1) is 6.58 Å². The summed E-state index contributed by atoms with van der Waals surface area (Å²) in [6.45, 7) is 5.98. The van der Waals surface area contributed by atoms with Crippen LogP contribution in [0.1, 0.15) is 36.9 Å². The molecule has 0 spiro atoms. The van der Waals surface area contributed by atoms with Gasteiger partial charge in [0.1, 0.15) is 0 Å². The van der Waals surface area contributed by atoms with Crippen LogP contribution in [0.15, 0.2) is 36.9 Å². The molecule has 2 rings (SSSR count). The zero-order valence-corrected chi connectivity index (χ0v) is 9.37. The van der Waals surface area contributed by atoms with Crippen LogP contribution in [0.2, 0.25) is 0 Å². The molecular weight excluding hydrogens is 182 g/mol. The molecule has 1 aliphatic carbocycles. The minimum absolute atomic E-state index is 0.390. The van der Waals surface area contributed by atoms with Gasteiger partial charge in [0, 0.05) is 12.1 Å². The van der Waals surface area contributed by atoms with Crippen LogP contribution >= 0.6 is 0 Å². The number of hydrogen-bond acceptors (Lipinski definition) is 1. The lowest BCUT2D eigenvalue weighted by atomic mass is 9.87. The third-order valence-corrected chi connectivity index (χ3v) is 3.19. The maximum Gasteiger partial charge on any atom is 0.0328 e. The molecule has 2 atom stereocenters. The van der Waals surface area contributed by atoms with Crippen molar-refractivity contribution >= 4 is 0 Å². The molecule has 0 aliphatic heterocycles. The van der Waals surface area contributed by atoms with Gasteiger partial charge in [-0.05, 0) is 37.3 Å². The van der Waals surface area contributed by atoms with E-state index in [0.717, 1.165) is 0 Å². The number of rotatable bonds is 3. The minimum Gasteiger partial charge on any atom is -0.304 e. The van der Waals surface area contributed by atoms with Gasteiger partial charge in [0.05, 0.1) is 0 Å². The van der Waals surface area contributed by atoms with Crippen LogP contribution in [0.4, 0.5) is 0 Å². The van der Waals surface area contributed by atoms with Crippen molar-refractivity contribution in [2.75, 3.05) is 0 Å². The molecule has 1 aromatic carbocycles. The first-order valence-electron chi connectivity index (χ1n) is 5.77. The number of aryl methyl sites for hydroxylation is 1. The Bertz CT molecular complexity index is 343. The Morgan fingerprint density at radius 1 is 1.47 bits per heavy atom. The third kappa shape index (κ3) is 2.29. The summed E-state index contributed by atoms with van der Waals surface area (Å²) in [4.78, 5) is 0. The molecule has 1 aromatic rings. The molecule has 0 heterocycles. The molecule has 1 heteroatoms. The van der Waals surface area contributed by atoms with Gasteiger partial charge in [-0.3, -0.25) is 0 Å². The average molecular weight is 201 g/mol. The van der Waals surface area contributed by atoms with Gasteiger partial charge in [-0.1, -0.05) is 30.3 Å². The number of benzene rings is 1. The van der Waals surface area contributed by atoms with Gasteiger partial charge in [-0.25, -0.2) is 0 Å². The van der Waals surface area contributed by atoms with E-state index in [4.69, 9.17) is 0 Å². The lowest BCUT2D eigenvalue weighted by molar-refractivity contribution is 0.440. The van der Waals surface area contributed by atoms with Crippen molar-refractivity contribution in [3.05, 3.63) is 48.0 Å². The Kier molecular flexibility index (Phi) is 3.22. The average Bonchev–Trinajstić information content (AvgIpc) is 2.29. The first-order valence-corrected chi connectivity index (χ1v) is 5.77. The molecule has 0 aromatic heterocycles. The van der Waals surface area contributed by atoms with Gasteiger partial charge in [0.25, 0.3) is 0 Å². The fourth-order valence-corrected chi connectivity index (χ4v) is 2.31. The molecule has 1 N–H and O–H groups in total. The summed E-state index contributed by atoms with van der Waals surface area (Å²) in [6.07, 6.45) is 5.74. The summed E-state index contributed by atoms with van der Waals surface area (Å²) >= 11 is 0. The van der Waals surface area contributed by atoms with E-state index in [0.29, 0.717) is 12.1 Å². The van der Waals surface area contributed by atoms with Crippen LogP contribution in [0.5, 0.6) is 0 Å². The lowest BCUT2D eigenvalue weighted by Crippen LogP contribution is -2.31. The SMILES string of the molecule is C=CC(C)NC1CCCc2ccccc21. The lowest BCUT2D eigenvalue weighted by Gasteiger charge is -2.28. The molecule has 80 valence electrons. The van der Waals surface area contributed by atoms with Crippen LogP contribution in [-0.2, 0) is 6.42 Å². The predicted octanol–water partition coefficient (Wildman–Crippen LogP) is 3.23. The van der Waals surface area contributed by atoms with Crippen molar-refractivity contribution in [3.63, 3.8) is 0 Å². The van der Waals surface area contributed by atoms with Crippen LogP contribution in [-0.4, -0.2) is 6.04 Å². The smallest absolute Gasteiger partial charge is 0.0328 e. The van der Waals surface area contributed by atoms with Crippen LogP contribution in [0, 0.1) is 0 Å². The monoisotopic (exact) mass is 201 g/mol. The van der Waals surface area contributed by atoms with Crippen LogP contribution in [0.3, 0.4) is 0 Å². The Hall–Kier alpha value is -1.08. The highest BCUT2D eigenvalue weighted by molar-refractivity contribution is 5.32. The summed E-state index contributed by atoms with van der Waals surface area (Å²) in [5, 5.41) is 3.61. The van der Waals surface area contributed by atoms with E-state index in [2.05, 4.69) is 43.1 Å². The van der Waals surface area contributed by atoms with E-state index in [1.165, 1.54) is 30.4 Å². The second kappa shape index (κ2) is 4.63. The first kappa shape index (κ1) is 10.4. The standard InChI is InChI=1S/C14H19N/c1-3-11(2)15-14-10-6-8-12-7-4-5-9-13(12)14/h3-5,7,9,11,14-15H,1,6,8,10H2,2H3. The Balaban J connectivity index is 2.18.